The van der Waals surface area contributed by atoms with Gasteiger partial charge in [-0.2, -0.15) is 22.3 Å². The van der Waals surface area contributed by atoms with E-state index in [4.69, 9.17) is 5.26 Å². The molecule has 0 spiro atoms. The summed E-state index contributed by atoms with van der Waals surface area (Å²) in [5.74, 6) is -2.99. The normalized spacial score (nSPS) is 24.4. The summed E-state index contributed by atoms with van der Waals surface area (Å²) in [5, 5.41) is 11.6. The molecule has 1 N–H and O–H groups in total. The molecule has 34 heavy (non-hydrogen) atoms. The number of hydrogen-bond donors (Lipinski definition) is 1. The van der Waals surface area contributed by atoms with Crippen LogP contribution in [0, 0.1) is 34.8 Å². The standard InChI is InChI=1S/C22H27F2N5O4S/c23-18-7-15(8-19(24)9-18)11-26-21(30)20-4-2-6-29(20)22(31)17-3-1-5-27(14-17)34(32,33)28-12-16(10-25)13-28/h7-9,16-17,20H,1-6,11-14H2,(H,26,30)/t17-,20+/m0/s1. The van der Waals surface area contributed by atoms with E-state index in [1.807, 2.05) is 0 Å². The second-order valence-electron chi connectivity index (χ2n) is 9.03. The van der Waals surface area contributed by atoms with E-state index in [9.17, 15) is 26.8 Å². The number of carbonyl (C=O) groups is 2. The van der Waals surface area contributed by atoms with E-state index < -0.39 is 39.7 Å². The maximum Gasteiger partial charge on any atom is 0.282 e. The second-order valence-corrected chi connectivity index (χ2v) is 11.0. The molecule has 3 fully saturated rings. The molecule has 0 bridgehead atoms. The number of benzene rings is 1. The van der Waals surface area contributed by atoms with Crippen LogP contribution in [-0.4, -0.2) is 72.5 Å². The minimum Gasteiger partial charge on any atom is -0.350 e. The Bertz CT molecular complexity index is 1080. The first-order valence-electron chi connectivity index (χ1n) is 11.4. The fourth-order valence-corrected chi connectivity index (χ4v) is 6.57. The van der Waals surface area contributed by atoms with E-state index in [-0.39, 0.29) is 43.6 Å². The molecule has 0 aromatic heterocycles. The molecule has 2 atom stereocenters. The summed E-state index contributed by atoms with van der Waals surface area (Å²) in [7, 11) is -3.73. The molecule has 4 rings (SSSR count). The van der Waals surface area contributed by atoms with Crippen LogP contribution in [0.25, 0.3) is 0 Å². The van der Waals surface area contributed by atoms with Crippen molar-refractivity contribution in [1.29, 1.82) is 5.26 Å². The van der Waals surface area contributed by atoms with Crippen LogP contribution in [0.15, 0.2) is 18.2 Å². The van der Waals surface area contributed by atoms with Crippen molar-refractivity contribution < 1.29 is 26.8 Å². The maximum atomic E-state index is 13.4. The first-order valence-corrected chi connectivity index (χ1v) is 12.8. The summed E-state index contributed by atoms with van der Waals surface area (Å²) in [5.41, 5.74) is 0.277. The van der Waals surface area contributed by atoms with Gasteiger partial charge < -0.3 is 10.2 Å². The molecular formula is C22H27F2N5O4S. The SMILES string of the molecule is N#CC1CN(S(=O)(=O)N2CCC[C@H](C(=O)N3CCC[C@@H]3C(=O)NCc3cc(F)cc(F)c3)C2)C1. The van der Waals surface area contributed by atoms with Gasteiger partial charge in [-0.1, -0.05) is 0 Å². The Morgan fingerprint density at radius 1 is 1.03 bits per heavy atom. The van der Waals surface area contributed by atoms with E-state index in [1.165, 1.54) is 13.5 Å². The highest BCUT2D eigenvalue weighted by molar-refractivity contribution is 7.86. The van der Waals surface area contributed by atoms with Gasteiger partial charge >= 0.3 is 0 Å². The van der Waals surface area contributed by atoms with Crippen molar-refractivity contribution in [2.24, 2.45) is 11.8 Å². The van der Waals surface area contributed by atoms with Gasteiger partial charge in [0, 0.05) is 45.3 Å². The molecule has 2 amide bonds. The van der Waals surface area contributed by atoms with Crippen LogP contribution < -0.4 is 5.32 Å². The highest BCUT2D eigenvalue weighted by atomic mass is 32.2. The summed E-state index contributed by atoms with van der Waals surface area (Å²) >= 11 is 0. The average Bonchev–Trinajstić information content (AvgIpc) is 3.25. The zero-order chi connectivity index (χ0) is 24.5. The van der Waals surface area contributed by atoms with E-state index in [2.05, 4.69) is 11.4 Å². The number of nitrogens with one attached hydrogen (secondary N) is 1. The molecule has 1 aromatic rings. The van der Waals surface area contributed by atoms with Gasteiger partial charge in [0.15, 0.2) is 0 Å². The van der Waals surface area contributed by atoms with Gasteiger partial charge in [-0.15, -0.1) is 0 Å². The van der Waals surface area contributed by atoms with Crippen LogP contribution in [0.4, 0.5) is 8.78 Å². The van der Waals surface area contributed by atoms with Crippen molar-refractivity contribution in [3.05, 3.63) is 35.4 Å². The molecule has 0 radical (unpaired) electrons. The number of amides is 2. The lowest BCUT2D eigenvalue weighted by atomic mass is 9.97. The summed E-state index contributed by atoms with van der Waals surface area (Å²) < 4.78 is 55.1. The van der Waals surface area contributed by atoms with Crippen LogP contribution in [0.1, 0.15) is 31.2 Å². The second kappa shape index (κ2) is 9.93. The van der Waals surface area contributed by atoms with Crippen LogP contribution in [0.3, 0.4) is 0 Å². The Labute approximate surface area is 197 Å². The molecule has 0 aliphatic carbocycles. The van der Waals surface area contributed by atoms with Gasteiger partial charge in [-0.05, 0) is 43.4 Å². The largest absolute Gasteiger partial charge is 0.350 e. The number of likely N-dealkylation sites (tertiary alicyclic amines) is 1. The van der Waals surface area contributed by atoms with Crippen molar-refractivity contribution >= 4 is 22.0 Å². The molecule has 3 aliphatic heterocycles. The minimum atomic E-state index is -3.73. The van der Waals surface area contributed by atoms with E-state index in [1.54, 1.807) is 0 Å². The molecule has 184 valence electrons. The zero-order valence-corrected chi connectivity index (χ0v) is 19.4. The lowest BCUT2D eigenvalue weighted by Crippen LogP contribution is -2.57. The predicted molar refractivity (Wildman–Crippen MR) is 117 cm³/mol. The van der Waals surface area contributed by atoms with Crippen molar-refractivity contribution in [3.8, 4) is 6.07 Å². The number of carbonyl (C=O) groups excluding carboxylic acids is 2. The first kappa shape index (κ1) is 24.5. The van der Waals surface area contributed by atoms with E-state index in [0.717, 1.165) is 18.2 Å². The number of halogens is 2. The van der Waals surface area contributed by atoms with Gasteiger partial charge in [0.05, 0.1) is 17.9 Å². The van der Waals surface area contributed by atoms with Gasteiger partial charge in [0.25, 0.3) is 10.2 Å². The summed E-state index contributed by atoms with van der Waals surface area (Å²) in [6.07, 6.45) is 2.16. The number of nitriles is 1. The van der Waals surface area contributed by atoms with Crippen LogP contribution in [0.5, 0.6) is 0 Å². The Morgan fingerprint density at radius 2 is 1.71 bits per heavy atom. The third kappa shape index (κ3) is 5.06. The highest BCUT2D eigenvalue weighted by Crippen LogP contribution is 2.29. The molecular weight excluding hydrogens is 468 g/mol. The first-order chi connectivity index (χ1) is 16.2. The van der Waals surface area contributed by atoms with Gasteiger partial charge in [0.1, 0.15) is 17.7 Å². The minimum absolute atomic E-state index is 0.0439. The van der Waals surface area contributed by atoms with Gasteiger partial charge in [-0.3, -0.25) is 9.59 Å². The van der Waals surface area contributed by atoms with Crippen LogP contribution >= 0.6 is 0 Å². The fraction of sp³-hybridized carbons (Fsp3) is 0.591. The Kier molecular flexibility index (Phi) is 7.16. The van der Waals surface area contributed by atoms with Crippen LogP contribution in [-0.2, 0) is 26.3 Å². The van der Waals surface area contributed by atoms with Crippen LogP contribution in [0.2, 0.25) is 0 Å². The van der Waals surface area contributed by atoms with Gasteiger partial charge in [-0.25, -0.2) is 8.78 Å². The number of piperidine rings is 1. The Balaban J connectivity index is 1.36. The van der Waals surface area contributed by atoms with Gasteiger partial charge in [0.2, 0.25) is 11.8 Å². The number of rotatable bonds is 6. The zero-order valence-electron chi connectivity index (χ0n) is 18.6. The third-order valence-electron chi connectivity index (χ3n) is 6.64. The number of hydrogen-bond acceptors (Lipinski definition) is 5. The molecule has 0 unspecified atom stereocenters. The van der Waals surface area contributed by atoms with E-state index >= 15 is 0 Å². The monoisotopic (exact) mass is 495 g/mol. The lowest BCUT2D eigenvalue weighted by molar-refractivity contribution is -0.142. The molecule has 9 nitrogen and oxygen atoms in total. The molecule has 0 saturated carbocycles. The third-order valence-corrected chi connectivity index (χ3v) is 8.58. The summed E-state index contributed by atoms with van der Waals surface area (Å²) in [4.78, 5) is 27.5. The Hall–Kier alpha value is -2.62. The smallest absolute Gasteiger partial charge is 0.282 e. The topological polar surface area (TPSA) is 114 Å². The number of nitrogens with zero attached hydrogens (tertiary/aromatic N) is 4. The summed E-state index contributed by atoms with van der Waals surface area (Å²) in [6.45, 7) is 1.01. The van der Waals surface area contributed by atoms with Crippen molar-refractivity contribution in [1.82, 2.24) is 18.8 Å². The van der Waals surface area contributed by atoms with E-state index in [0.29, 0.717) is 38.8 Å². The maximum absolute atomic E-state index is 13.4. The molecule has 3 heterocycles. The predicted octanol–water partition coefficient (Wildman–Crippen LogP) is 0.984. The quantitative estimate of drug-likeness (QED) is 0.632. The molecule has 3 aliphatic rings. The summed E-state index contributed by atoms with van der Waals surface area (Å²) in [6, 6.07) is 4.37. The van der Waals surface area contributed by atoms with Crippen molar-refractivity contribution in [3.63, 3.8) is 0 Å². The average molecular weight is 496 g/mol. The van der Waals surface area contributed by atoms with Crippen molar-refractivity contribution in [2.45, 2.75) is 38.3 Å². The lowest BCUT2D eigenvalue weighted by Gasteiger charge is -2.41. The fourth-order valence-electron chi connectivity index (χ4n) is 4.78. The van der Waals surface area contributed by atoms with Crippen molar-refractivity contribution in [2.75, 3.05) is 32.7 Å². The molecule has 12 heteroatoms. The molecule has 1 aromatic carbocycles. The Morgan fingerprint density at radius 3 is 2.38 bits per heavy atom. The molecule has 3 saturated heterocycles. The highest BCUT2D eigenvalue weighted by Gasteiger charge is 2.44.